The van der Waals surface area contributed by atoms with Gasteiger partial charge in [-0.15, -0.1) is 0 Å². The number of hydrogen-bond donors (Lipinski definition) is 2. The number of rotatable bonds is 5. The lowest BCUT2D eigenvalue weighted by Gasteiger charge is -2.32. The van der Waals surface area contributed by atoms with Crippen molar-refractivity contribution in [2.45, 2.75) is 25.4 Å². The predicted molar refractivity (Wildman–Crippen MR) is 85.8 cm³/mol. The molecule has 0 saturated carbocycles. The third-order valence-electron chi connectivity index (χ3n) is 3.68. The summed E-state index contributed by atoms with van der Waals surface area (Å²) in [5.41, 5.74) is 0.358. The summed E-state index contributed by atoms with van der Waals surface area (Å²) in [6.07, 6.45) is 0. The predicted octanol–water partition coefficient (Wildman–Crippen LogP) is 3.31. The van der Waals surface area contributed by atoms with Gasteiger partial charge in [-0.05, 0) is 19.4 Å². The minimum atomic E-state index is -1.08. The number of ether oxygens (including phenoxy) is 2. The Morgan fingerprint density at radius 2 is 1.64 bits per heavy atom. The average molecular weight is 302 g/mol. The van der Waals surface area contributed by atoms with Gasteiger partial charge in [-0.2, -0.15) is 0 Å². The van der Waals surface area contributed by atoms with Crippen molar-refractivity contribution in [1.29, 1.82) is 0 Å². The fourth-order valence-corrected chi connectivity index (χ4v) is 2.74. The van der Waals surface area contributed by atoms with Crippen LogP contribution in [0.2, 0.25) is 0 Å². The summed E-state index contributed by atoms with van der Waals surface area (Å²) in [4.78, 5) is 0. The Hall–Kier alpha value is -2.20. The molecule has 2 aromatic carbocycles. The number of aliphatic hydroxyl groups is 1. The maximum atomic E-state index is 10.7. The molecule has 0 fully saturated rings. The first-order chi connectivity index (χ1) is 10.4. The van der Waals surface area contributed by atoms with Gasteiger partial charge in [0.15, 0.2) is 0 Å². The van der Waals surface area contributed by atoms with Gasteiger partial charge in [0.25, 0.3) is 0 Å². The quantitative estimate of drug-likeness (QED) is 0.889. The lowest BCUT2D eigenvalue weighted by atomic mass is 9.78. The lowest BCUT2D eigenvalue weighted by Crippen LogP contribution is -2.30. The van der Waals surface area contributed by atoms with Crippen molar-refractivity contribution in [3.8, 4) is 17.2 Å². The number of phenolic OH excluding ortho intramolecular Hbond substituents is 1. The van der Waals surface area contributed by atoms with Crippen LogP contribution in [0, 0.1) is 0 Å². The molecule has 0 amide bonds. The first-order valence-electron chi connectivity index (χ1n) is 7.10. The summed E-state index contributed by atoms with van der Waals surface area (Å²) >= 11 is 0. The molecule has 2 N–H and O–H groups in total. The number of benzene rings is 2. The van der Waals surface area contributed by atoms with Crippen LogP contribution in [0.3, 0.4) is 0 Å². The van der Waals surface area contributed by atoms with E-state index in [2.05, 4.69) is 0 Å². The van der Waals surface area contributed by atoms with E-state index in [1.807, 2.05) is 30.3 Å². The number of hydrogen-bond acceptors (Lipinski definition) is 4. The summed E-state index contributed by atoms with van der Waals surface area (Å²) in [7, 11) is 3.06. The maximum Gasteiger partial charge on any atom is 0.130 e. The molecule has 2 rings (SSSR count). The third-order valence-corrected chi connectivity index (χ3v) is 3.68. The molecular formula is C18H22O4. The Kier molecular flexibility index (Phi) is 4.62. The Bertz CT molecular complexity index is 630. The van der Waals surface area contributed by atoms with Crippen LogP contribution in [-0.2, 0) is 0 Å². The zero-order valence-electron chi connectivity index (χ0n) is 13.3. The number of methoxy groups -OCH3 is 2. The van der Waals surface area contributed by atoms with E-state index >= 15 is 0 Å². The van der Waals surface area contributed by atoms with E-state index in [0.29, 0.717) is 17.1 Å². The van der Waals surface area contributed by atoms with Crippen LogP contribution in [0.4, 0.5) is 0 Å². The highest BCUT2D eigenvalue weighted by atomic mass is 16.5. The molecule has 22 heavy (non-hydrogen) atoms. The summed E-state index contributed by atoms with van der Waals surface area (Å²) < 4.78 is 10.6. The monoisotopic (exact) mass is 302 g/mol. The van der Waals surface area contributed by atoms with Gasteiger partial charge in [0, 0.05) is 23.6 Å². The van der Waals surface area contributed by atoms with E-state index in [1.54, 1.807) is 19.9 Å². The highest BCUT2D eigenvalue weighted by Gasteiger charge is 2.34. The molecule has 4 nitrogen and oxygen atoms in total. The second-order valence-corrected chi connectivity index (χ2v) is 5.76. The first-order valence-corrected chi connectivity index (χ1v) is 7.10. The second kappa shape index (κ2) is 6.28. The fraction of sp³-hybridized carbons (Fsp3) is 0.333. The van der Waals surface area contributed by atoms with Crippen LogP contribution in [0.5, 0.6) is 17.2 Å². The minimum Gasteiger partial charge on any atom is -0.507 e. The Morgan fingerprint density at radius 1 is 1.00 bits per heavy atom. The average Bonchev–Trinajstić information content (AvgIpc) is 2.48. The zero-order valence-corrected chi connectivity index (χ0v) is 13.3. The molecule has 1 unspecified atom stereocenters. The molecule has 0 aliphatic rings. The smallest absolute Gasteiger partial charge is 0.130 e. The molecule has 118 valence electrons. The van der Waals surface area contributed by atoms with Crippen LogP contribution >= 0.6 is 0 Å². The standard InChI is InChI=1S/C18H22O4/c1-18(2,20)17(12-8-6-5-7-9-12)16-14(19)10-13(21-3)11-15(16)22-4/h5-11,17,19-20H,1-4H3. The number of aromatic hydroxyl groups is 1. The lowest BCUT2D eigenvalue weighted by molar-refractivity contribution is 0.0610. The molecule has 0 bridgehead atoms. The van der Waals surface area contributed by atoms with Crippen LogP contribution in [-0.4, -0.2) is 30.0 Å². The van der Waals surface area contributed by atoms with Crippen LogP contribution in [0.25, 0.3) is 0 Å². The first kappa shape index (κ1) is 16.2. The summed E-state index contributed by atoms with van der Waals surface area (Å²) in [6.45, 7) is 3.43. The highest BCUT2D eigenvalue weighted by molar-refractivity contribution is 5.55. The SMILES string of the molecule is COc1cc(O)c(C(c2ccccc2)C(C)(C)O)c(OC)c1. The zero-order chi connectivity index (χ0) is 16.3. The van der Waals surface area contributed by atoms with Gasteiger partial charge in [0.1, 0.15) is 17.2 Å². The number of phenols is 1. The van der Waals surface area contributed by atoms with Crippen molar-refractivity contribution >= 4 is 0 Å². The van der Waals surface area contributed by atoms with Gasteiger partial charge in [-0.25, -0.2) is 0 Å². The van der Waals surface area contributed by atoms with Crippen LogP contribution < -0.4 is 9.47 Å². The largest absolute Gasteiger partial charge is 0.507 e. The Balaban J connectivity index is 2.68. The highest BCUT2D eigenvalue weighted by Crippen LogP contribution is 2.45. The van der Waals surface area contributed by atoms with Gasteiger partial charge >= 0.3 is 0 Å². The molecule has 0 aliphatic carbocycles. The molecule has 0 heterocycles. The van der Waals surface area contributed by atoms with E-state index in [0.717, 1.165) is 5.56 Å². The maximum absolute atomic E-state index is 10.7. The summed E-state index contributed by atoms with van der Waals surface area (Å²) in [5, 5.41) is 21.1. The van der Waals surface area contributed by atoms with Crippen molar-refractivity contribution in [2.24, 2.45) is 0 Å². The summed E-state index contributed by atoms with van der Waals surface area (Å²) in [6, 6.07) is 12.8. The normalized spacial score (nSPS) is 12.8. The van der Waals surface area contributed by atoms with E-state index in [4.69, 9.17) is 9.47 Å². The molecule has 0 saturated heterocycles. The van der Waals surface area contributed by atoms with Gasteiger partial charge in [-0.3, -0.25) is 0 Å². The molecule has 2 aromatic rings. The minimum absolute atomic E-state index is 0.0344. The van der Waals surface area contributed by atoms with Gasteiger partial charge < -0.3 is 19.7 Å². The molecule has 0 radical (unpaired) electrons. The van der Waals surface area contributed by atoms with Crippen LogP contribution in [0.15, 0.2) is 42.5 Å². The molecular weight excluding hydrogens is 280 g/mol. The van der Waals surface area contributed by atoms with Crippen molar-refractivity contribution in [1.82, 2.24) is 0 Å². The molecule has 0 aliphatic heterocycles. The van der Waals surface area contributed by atoms with Crippen molar-refractivity contribution in [2.75, 3.05) is 14.2 Å². The molecule has 4 heteroatoms. The molecule has 0 spiro atoms. The Morgan fingerprint density at radius 3 is 2.14 bits per heavy atom. The van der Waals surface area contributed by atoms with Crippen molar-refractivity contribution in [3.63, 3.8) is 0 Å². The van der Waals surface area contributed by atoms with Crippen molar-refractivity contribution in [3.05, 3.63) is 53.6 Å². The fourth-order valence-electron chi connectivity index (χ4n) is 2.74. The Labute approximate surface area is 130 Å². The third kappa shape index (κ3) is 3.17. The topological polar surface area (TPSA) is 58.9 Å². The second-order valence-electron chi connectivity index (χ2n) is 5.76. The molecule has 0 aromatic heterocycles. The van der Waals surface area contributed by atoms with Crippen molar-refractivity contribution < 1.29 is 19.7 Å². The van der Waals surface area contributed by atoms with E-state index in [1.165, 1.54) is 20.3 Å². The molecule has 1 atom stereocenters. The van der Waals surface area contributed by atoms with Gasteiger partial charge in [0.05, 0.1) is 19.8 Å². The summed E-state index contributed by atoms with van der Waals surface area (Å²) in [5.74, 6) is 0.579. The van der Waals surface area contributed by atoms with Gasteiger partial charge in [0.2, 0.25) is 0 Å². The van der Waals surface area contributed by atoms with E-state index in [-0.39, 0.29) is 5.75 Å². The van der Waals surface area contributed by atoms with E-state index < -0.39 is 11.5 Å². The van der Waals surface area contributed by atoms with Gasteiger partial charge in [-0.1, -0.05) is 30.3 Å². The van der Waals surface area contributed by atoms with Crippen LogP contribution in [0.1, 0.15) is 30.9 Å². The van der Waals surface area contributed by atoms with E-state index in [9.17, 15) is 10.2 Å².